The predicted octanol–water partition coefficient (Wildman–Crippen LogP) is 6.54. The number of esters is 1. The van der Waals surface area contributed by atoms with Gasteiger partial charge < -0.3 is 24.3 Å². The van der Waals surface area contributed by atoms with E-state index in [1.54, 1.807) is 13.8 Å². The van der Waals surface area contributed by atoms with Crippen molar-refractivity contribution in [2.45, 2.75) is 117 Å². The average molecular weight is 552 g/mol. The number of carbonyl (C=O) groups excluding carboxylic acids is 2. The monoisotopic (exact) mass is 551 g/mol. The molecule has 0 radical (unpaired) electrons. The zero-order valence-corrected chi connectivity index (χ0v) is 25.8. The molecule has 0 saturated carbocycles. The van der Waals surface area contributed by atoms with Gasteiger partial charge in [0.05, 0.1) is 18.6 Å². The zero-order chi connectivity index (χ0) is 29.2. The first-order chi connectivity index (χ1) is 17.6. The first kappa shape index (κ1) is 33.6. The third kappa shape index (κ3) is 9.41. The Morgan fingerprint density at radius 2 is 1.37 bits per heavy atom. The first-order valence-electron chi connectivity index (χ1n) is 13.7. The van der Waals surface area contributed by atoms with Crippen LogP contribution < -0.4 is 5.32 Å². The van der Waals surface area contributed by atoms with E-state index < -0.39 is 50.5 Å². The van der Waals surface area contributed by atoms with Crippen molar-refractivity contribution in [2.24, 2.45) is 11.8 Å². The Morgan fingerprint density at radius 1 is 0.842 bits per heavy atom. The van der Waals surface area contributed by atoms with Crippen molar-refractivity contribution < 1.29 is 33.4 Å². The van der Waals surface area contributed by atoms with Crippen LogP contribution in [0.2, 0.25) is 16.6 Å². The third-order valence-corrected chi connectivity index (χ3v) is 13.3. The van der Waals surface area contributed by atoms with E-state index in [-0.39, 0.29) is 35.6 Å². The number of ether oxygens (including phenoxy) is 2. The van der Waals surface area contributed by atoms with E-state index >= 15 is 0 Å². The number of rotatable bonds is 15. The first-order valence-corrected chi connectivity index (χ1v) is 15.8. The number of aliphatic carboxylic acids is 1. The Morgan fingerprint density at radius 3 is 1.79 bits per heavy atom. The van der Waals surface area contributed by atoms with E-state index in [9.17, 15) is 19.5 Å². The summed E-state index contributed by atoms with van der Waals surface area (Å²) in [4.78, 5) is 37.6. The second kappa shape index (κ2) is 15.3. The molecule has 0 unspecified atom stereocenters. The Bertz CT molecular complexity index is 864. The fourth-order valence-corrected chi connectivity index (χ4v) is 10.9. The van der Waals surface area contributed by atoms with Crippen LogP contribution in [0.15, 0.2) is 30.3 Å². The van der Waals surface area contributed by atoms with E-state index in [1.807, 2.05) is 44.2 Å². The smallest absolute Gasteiger partial charge is 0.407 e. The van der Waals surface area contributed by atoms with Gasteiger partial charge in [-0.1, -0.05) is 99.6 Å². The lowest BCUT2D eigenvalue weighted by Crippen LogP contribution is -2.57. The van der Waals surface area contributed by atoms with Gasteiger partial charge in [-0.15, -0.1) is 0 Å². The van der Waals surface area contributed by atoms with E-state index in [1.165, 1.54) is 0 Å². The van der Waals surface area contributed by atoms with Crippen LogP contribution in [0.4, 0.5) is 4.79 Å². The quantitative estimate of drug-likeness (QED) is 0.188. The highest BCUT2D eigenvalue weighted by atomic mass is 28.4. The second-order valence-electron chi connectivity index (χ2n) is 11.6. The van der Waals surface area contributed by atoms with Gasteiger partial charge in [0.2, 0.25) is 14.4 Å². The summed E-state index contributed by atoms with van der Waals surface area (Å²) < 4.78 is 17.9. The van der Waals surface area contributed by atoms with Crippen LogP contribution in [0.1, 0.15) is 81.2 Å². The van der Waals surface area contributed by atoms with Gasteiger partial charge >= 0.3 is 18.0 Å². The Kier molecular flexibility index (Phi) is 13.5. The molecular weight excluding hydrogens is 502 g/mol. The summed E-state index contributed by atoms with van der Waals surface area (Å²) in [5, 5.41) is 12.5. The zero-order valence-electron chi connectivity index (χ0n) is 24.8. The fourth-order valence-electron chi connectivity index (χ4n) is 5.33. The van der Waals surface area contributed by atoms with Crippen LogP contribution in [0.5, 0.6) is 0 Å². The number of carboxylic acid groups (broad SMARTS) is 1. The average Bonchev–Trinajstić information content (AvgIpc) is 2.81. The van der Waals surface area contributed by atoms with Gasteiger partial charge in [-0.2, -0.15) is 0 Å². The lowest BCUT2D eigenvalue weighted by atomic mass is 9.96. The number of carboxylic acids is 1. The normalized spacial score (nSPS) is 14.6. The van der Waals surface area contributed by atoms with Crippen molar-refractivity contribution in [3.05, 3.63) is 35.9 Å². The summed E-state index contributed by atoms with van der Waals surface area (Å²) in [6, 6.07) is 8.82. The van der Waals surface area contributed by atoms with E-state index in [4.69, 9.17) is 13.9 Å². The van der Waals surface area contributed by atoms with Crippen molar-refractivity contribution in [3.63, 3.8) is 0 Å². The summed E-state index contributed by atoms with van der Waals surface area (Å²) in [5.41, 5.74) is 1.57. The fraction of sp³-hybridized carbons (Fsp3) is 0.690. The number of benzene rings is 1. The van der Waals surface area contributed by atoms with Crippen LogP contribution in [0.25, 0.3) is 0 Å². The summed E-state index contributed by atoms with van der Waals surface area (Å²) in [6.45, 7) is 20.3. The molecule has 0 bridgehead atoms. The van der Waals surface area contributed by atoms with Crippen LogP contribution >= 0.6 is 0 Å². The molecule has 216 valence electrons. The summed E-state index contributed by atoms with van der Waals surface area (Å²) >= 11 is 0. The largest absolute Gasteiger partial charge is 0.478 e. The maximum absolute atomic E-state index is 13.1. The van der Waals surface area contributed by atoms with E-state index in [2.05, 4.69) is 46.9 Å². The molecule has 2 N–H and O–H groups in total. The standard InChI is InChI=1S/C29H49NO7Si/c1-18(2)26(30-29(34)35-17-23-14-12-11-13-15-23)24(16-25(31)36-27(19(3)4)28(32)33)37-38(20(5)6,21(7)8)22(9)10/h11-15,18-22,24,26-27H,16-17H2,1-10H3,(H,30,34)(H,32,33)/t24-,26-,27-/m0/s1. The van der Waals surface area contributed by atoms with Crippen molar-refractivity contribution in [3.8, 4) is 0 Å². The van der Waals surface area contributed by atoms with Gasteiger partial charge in [0.25, 0.3) is 0 Å². The summed E-state index contributed by atoms with van der Waals surface area (Å²) in [5.74, 6) is -2.35. The Balaban J connectivity index is 3.31. The number of alkyl carbamates (subject to hydrolysis) is 1. The minimum atomic E-state index is -2.49. The van der Waals surface area contributed by atoms with Crippen molar-refractivity contribution >= 4 is 26.3 Å². The third-order valence-electron chi connectivity index (χ3n) is 7.15. The molecule has 8 nitrogen and oxygen atoms in total. The van der Waals surface area contributed by atoms with Gasteiger partial charge in [-0.05, 0) is 28.1 Å². The van der Waals surface area contributed by atoms with E-state index in [0.717, 1.165) is 5.56 Å². The number of carbonyl (C=O) groups is 3. The molecule has 1 rings (SSSR count). The maximum Gasteiger partial charge on any atom is 0.407 e. The molecule has 0 heterocycles. The minimum absolute atomic E-state index is 0.101. The highest BCUT2D eigenvalue weighted by Crippen LogP contribution is 2.44. The molecule has 0 spiro atoms. The summed E-state index contributed by atoms with van der Waals surface area (Å²) in [6.07, 6.45) is -2.76. The Hall–Kier alpha value is -2.39. The van der Waals surface area contributed by atoms with Gasteiger partial charge in [0, 0.05) is 5.92 Å². The number of nitrogens with one attached hydrogen (secondary N) is 1. The molecule has 1 aromatic rings. The second-order valence-corrected chi connectivity index (χ2v) is 17.1. The highest BCUT2D eigenvalue weighted by molar-refractivity contribution is 6.77. The molecule has 38 heavy (non-hydrogen) atoms. The van der Waals surface area contributed by atoms with Crippen LogP contribution in [-0.2, 0) is 30.1 Å². The molecule has 0 aliphatic carbocycles. The summed E-state index contributed by atoms with van der Waals surface area (Å²) in [7, 11) is -2.49. The number of hydrogen-bond donors (Lipinski definition) is 2. The molecular formula is C29H49NO7Si. The molecule has 0 aromatic heterocycles. The van der Waals surface area contributed by atoms with Crippen molar-refractivity contribution in [2.75, 3.05) is 0 Å². The van der Waals surface area contributed by atoms with Crippen LogP contribution in [0.3, 0.4) is 0 Å². The number of hydrogen-bond acceptors (Lipinski definition) is 6. The molecule has 0 saturated heterocycles. The van der Waals surface area contributed by atoms with E-state index in [0.29, 0.717) is 0 Å². The van der Waals surface area contributed by atoms with Crippen molar-refractivity contribution in [1.29, 1.82) is 0 Å². The molecule has 0 aliphatic rings. The highest BCUT2D eigenvalue weighted by Gasteiger charge is 2.48. The van der Waals surface area contributed by atoms with Crippen LogP contribution in [-0.4, -0.2) is 49.7 Å². The maximum atomic E-state index is 13.1. The van der Waals surface area contributed by atoms with Crippen LogP contribution in [0, 0.1) is 11.8 Å². The Labute approximate surface area is 229 Å². The van der Waals surface area contributed by atoms with Gasteiger partial charge in [0.15, 0.2) is 0 Å². The number of amides is 1. The molecule has 1 aromatic carbocycles. The topological polar surface area (TPSA) is 111 Å². The molecule has 1 amide bonds. The minimum Gasteiger partial charge on any atom is -0.478 e. The lowest BCUT2D eigenvalue weighted by Gasteiger charge is -2.46. The molecule has 0 fully saturated rings. The molecule has 3 atom stereocenters. The molecule has 9 heteroatoms. The predicted molar refractivity (Wildman–Crippen MR) is 151 cm³/mol. The lowest BCUT2D eigenvalue weighted by molar-refractivity contribution is -0.168. The SMILES string of the molecule is CC(C)[C@H](OC(=O)C[C@H](O[Si](C(C)C)(C(C)C)C(C)C)[C@@H](NC(=O)OCc1ccccc1)C(C)C)C(=O)O. The van der Waals surface area contributed by atoms with Gasteiger partial charge in [-0.25, -0.2) is 9.59 Å². The van der Waals surface area contributed by atoms with Gasteiger partial charge in [0.1, 0.15) is 6.61 Å². The molecule has 0 aliphatic heterocycles. The van der Waals surface area contributed by atoms with Crippen molar-refractivity contribution in [1.82, 2.24) is 5.32 Å². The van der Waals surface area contributed by atoms with Gasteiger partial charge in [-0.3, -0.25) is 4.79 Å².